The number of para-hydroxylation sites is 1. The second kappa shape index (κ2) is 13.8. The molecule has 11 nitrogen and oxygen atoms in total. The molecule has 2 fully saturated rings. The monoisotopic (exact) mass is 557 g/mol. The number of rotatable bonds is 8. The van der Waals surface area contributed by atoms with Crippen molar-refractivity contribution >= 4 is 23.4 Å². The normalized spacial score (nSPS) is 15.7. The first-order valence-electron chi connectivity index (χ1n) is 14.0. The molecule has 0 aliphatic carbocycles. The highest BCUT2D eigenvalue weighted by molar-refractivity contribution is 6.03. The number of pyridine rings is 2. The lowest BCUT2D eigenvalue weighted by Crippen LogP contribution is -2.53. The van der Waals surface area contributed by atoms with Gasteiger partial charge < -0.3 is 15.0 Å². The van der Waals surface area contributed by atoms with Crippen molar-refractivity contribution in [3.8, 4) is 11.1 Å². The van der Waals surface area contributed by atoms with Crippen LogP contribution in [0.4, 0.5) is 5.69 Å². The van der Waals surface area contributed by atoms with Gasteiger partial charge in [-0.1, -0.05) is 24.3 Å². The minimum atomic E-state index is -0.564. The summed E-state index contributed by atoms with van der Waals surface area (Å²) < 4.78 is 5.35. The highest BCUT2D eigenvalue weighted by Gasteiger charge is 2.25. The third-order valence-electron chi connectivity index (χ3n) is 7.23. The Morgan fingerprint density at radius 2 is 1.66 bits per heavy atom. The van der Waals surface area contributed by atoms with Crippen LogP contribution in [0.15, 0.2) is 67.1 Å². The minimum absolute atomic E-state index is 0.148. The smallest absolute Gasteiger partial charge is 0.288 e. The van der Waals surface area contributed by atoms with E-state index in [4.69, 9.17) is 4.74 Å². The number of piperidine rings is 1. The first kappa shape index (κ1) is 28.2. The van der Waals surface area contributed by atoms with E-state index in [0.717, 1.165) is 42.2 Å². The third-order valence-corrected chi connectivity index (χ3v) is 7.23. The van der Waals surface area contributed by atoms with Crippen molar-refractivity contribution in [2.45, 2.75) is 19.3 Å². The molecule has 2 aliphatic rings. The number of amides is 3. The molecular formula is C30H35N7O4. The number of morpholine rings is 1. The summed E-state index contributed by atoms with van der Waals surface area (Å²) in [4.78, 5) is 52.6. The van der Waals surface area contributed by atoms with Gasteiger partial charge >= 0.3 is 0 Å². The number of hydrogen-bond acceptors (Lipinski definition) is 8. The standard InChI is InChI=1S/C30H35N7O4/c38-28(21-35-16-18-41-19-17-35)33-22-37(34-29(39)26-9-4-5-12-32-26)30(40)24-11-13-31-20-25(24)23-8-2-3-10-27(23)36-14-6-1-7-15-36/h2-5,8-13,20H,1,6-7,14-19,21-22H2,(H,33,38)(H,34,39). The second-order valence-corrected chi connectivity index (χ2v) is 10.0. The number of benzene rings is 1. The Morgan fingerprint density at radius 3 is 2.44 bits per heavy atom. The molecule has 2 aliphatic heterocycles. The summed E-state index contributed by atoms with van der Waals surface area (Å²) in [6.07, 6.45) is 8.16. The van der Waals surface area contributed by atoms with Crippen molar-refractivity contribution in [1.29, 1.82) is 0 Å². The van der Waals surface area contributed by atoms with Crippen LogP contribution in [0.1, 0.15) is 40.1 Å². The number of aromatic nitrogens is 2. The van der Waals surface area contributed by atoms with Crippen LogP contribution < -0.4 is 15.6 Å². The molecule has 214 valence electrons. The van der Waals surface area contributed by atoms with E-state index in [1.165, 1.54) is 12.6 Å². The number of nitrogens with zero attached hydrogens (tertiary/aromatic N) is 5. The number of anilines is 1. The topological polar surface area (TPSA) is 120 Å². The van der Waals surface area contributed by atoms with Crippen LogP contribution in [0.25, 0.3) is 11.1 Å². The molecule has 0 atom stereocenters. The maximum Gasteiger partial charge on any atom is 0.288 e. The highest BCUT2D eigenvalue weighted by Crippen LogP contribution is 2.34. The van der Waals surface area contributed by atoms with E-state index in [1.807, 2.05) is 23.1 Å². The summed E-state index contributed by atoms with van der Waals surface area (Å²) in [5, 5.41) is 3.91. The van der Waals surface area contributed by atoms with Crippen molar-refractivity contribution in [1.82, 2.24) is 30.6 Å². The van der Waals surface area contributed by atoms with Crippen molar-refractivity contribution < 1.29 is 19.1 Å². The predicted molar refractivity (Wildman–Crippen MR) is 154 cm³/mol. The molecule has 3 aromatic rings. The molecule has 1 aromatic carbocycles. The summed E-state index contributed by atoms with van der Waals surface area (Å²) in [6, 6.07) is 14.6. The average Bonchev–Trinajstić information content (AvgIpc) is 3.04. The Hall–Kier alpha value is -4.35. The van der Waals surface area contributed by atoms with Gasteiger partial charge in [0.15, 0.2) is 0 Å². The van der Waals surface area contributed by atoms with E-state index in [9.17, 15) is 14.4 Å². The van der Waals surface area contributed by atoms with E-state index in [0.29, 0.717) is 37.4 Å². The fourth-order valence-corrected chi connectivity index (χ4v) is 5.08. The summed E-state index contributed by atoms with van der Waals surface area (Å²) in [5.74, 6) is -1.31. The van der Waals surface area contributed by atoms with Crippen LogP contribution >= 0.6 is 0 Å². The molecule has 41 heavy (non-hydrogen) atoms. The van der Waals surface area contributed by atoms with Crippen LogP contribution in [0, 0.1) is 0 Å². The lowest BCUT2D eigenvalue weighted by molar-refractivity contribution is -0.123. The number of ether oxygens (including phenoxy) is 1. The Labute approximate surface area is 239 Å². The molecule has 2 saturated heterocycles. The van der Waals surface area contributed by atoms with Crippen molar-refractivity contribution in [3.63, 3.8) is 0 Å². The molecular weight excluding hydrogens is 522 g/mol. The molecule has 5 rings (SSSR count). The number of hydrazine groups is 1. The first-order chi connectivity index (χ1) is 20.1. The second-order valence-electron chi connectivity index (χ2n) is 10.0. The van der Waals surface area contributed by atoms with E-state index < -0.39 is 11.8 Å². The van der Waals surface area contributed by atoms with E-state index >= 15 is 0 Å². The molecule has 11 heteroatoms. The Bertz CT molecular complexity index is 1340. The quantitative estimate of drug-likeness (QED) is 0.320. The highest BCUT2D eigenvalue weighted by atomic mass is 16.5. The molecule has 2 N–H and O–H groups in total. The van der Waals surface area contributed by atoms with Gasteiger partial charge in [-0.05, 0) is 43.5 Å². The lowest BCUT2D eigenvalue weighted by Gasteiger charge is -2.31. The van der Waals surface area contributed by atoms with Gasteiger partial charge in [0, 0.05) is 61.6 Å². The summed E-state index contributed by atoms with van der Waals surface area (Å²) in [6.45, 7) is 4.29. The van der Waals surface area contributed by atoms with E-state index in [2.05, 4.69) is 31.7 Å². The zero-order valence-electron chi connectivity index (χ0n) is 23.0. The SMILES string of the molecule is O=C(CN1CCOCC1)NCN(NC(=O)c1ccccn1)C(=O)c1ccncc1-c1ccccc1N1CCCCC1. The van der Waals surface area contributed by atoms with Crippen LogP contribution in [0.5, 0.6) is 0 Å². The molecule has 4 heterocycles. The van der Waals surface area contributed by atoms with Gasteiger partial charge in [-0.25, -0.2) is 5.01 Å². The number of carbonyl (C=O) groups excluding carboxylic acids is 3. The van der Waals surface area contributed by atoms with Gasteiger partial charge in [-0.15, -0.1) is 0 Å². The molecule has 0 radical (unpaired) electrons. The summed E-state index contributed by atoms with van der Waals surface area (Å²) in [5.41, 5.74) is 5.73. The van der Waals surface area contributed by atoms with Gasteiger partial charge in [0.1, 0.15) is 12.4 Å². The van der Waals surface area contributed by atoms with Crippen molar-refractivity contribution in [3.05, 3.63) is 78.4 Å². The van der Waals surface area contributed by atoms with E-state index in [-0.39, 0.29) is 24.8 Å². The Balaban J connectivity index is 1.40. The van der Waals surface area contributed by atoms with Gasteiger partial charge in [0.25, 0.3) is 11.8 Å². The fraction of sp³-hybridized carbons (Fsp3) is 0.367. The van der Waals surface area contributed by atoms with E-state index in [1.54, 1.807) is 36.7 Å². The molecule has 0 bridgehead atoms. The predicted octanol–water partition coefficient (Wildman–Crippen LogP) is 2.33. The van der Waals surface area contributed by atoms with Crippen molar-refractivity contribution in [2.75, 3.05) is 57.5 Å². The van der Waals surface area contributed by atoms with Crippen LogP contribution in [-0.4, -0.2) is 90.2 Å². The van der Waals surface area contributed by atoms with Gasteiger partial charge in [0.2, 0.25) is 5.91 Å². The summed E-state index contributed by atoms with van der Waals surface area (Å²) in [7, 11) is 0. The maximum absolute atomic E-state index is 14.1. The molecule has 0 unspecified atom stereocenters. The maximum atomic E-state index is 14.1. The van der Waals surface area contributed by atoms with Crippen molar-refractivity contribution in [2.24, 2.45) is 0 Å². The summed E-state index contributed by atoms with van der Waals surface area (Å²) >= 11 is 0. The zero-order valence-corrected chi connectivity index (χ0v) is 23.0. The van der Waals surface area contributed by atoms with Crippen LogP contribution in [0.2, 0.25) is 0 Å². The number of hydrogen-bond donors (Lipinski definition) is 2. The lowest BCUT2D eigenvalue weighted by atomic mass is 9.98. The Morgan fingerprint density at radius 1 is 0.878 bits per heavy atom. The van der Waals surface area contributed by atoms with Gasteiger partial charge in [-0.3, -0.25) is 34.7 Å². The number of nitrogens with one attached hydrogen (secondary N) is 2. The van der Waals surface area contributed by atoms with Gasteiger partial charge in [0.05, 0.1) is 25.3 Å². The molecule has 0 saturated carbocycles. The van der Waals surface area contributed by atoms with Gasteiger partial charge in [-0.2, -0.15) is 0 Å². The molecule has 0 spiro atoms. The third kappa shape index (κ3) is 7.24. The largest absolute Gasteiger partial charge is 0.379 e. The minimum Gasteiger partial charge on any atom is -0.379 e. The van der Waals surface area contributed by atoms with Crippen LogP contribution in [-0.2, 0) is 9.53 Å². The fourth-order valence-electron chi connectivity index (χ4n) is 5.08. The number of carbonyl (C=O) groups is 3. The zero-order chi connectivity index (χ0) is 28.4. The molecule has 3 amide bonds. The average molecular weight is 558 g/mol. The molecule has 2 aromatic heterocycles. The Kier molecular flexibility index (Phi) is 9.50. The van der Waals surface area contributed by atoms with Crippen LogP contribution in [0.3, 0.4) is 0 Å². The first-order valence-corrected chi connectivity index (χ1v) is 14.0.